The van der Waals surface area contributed by atoms with Crippen LogP contribution in [0.2, 0.25) is 19.6 Å². The van der Waals surface area contributed by atoms with Crippen LogP contribution in [0.1, 0.15) is 48.0 Å². The zero-order chi connectivity index (χ0) is 17.7. The highest BCUT2D eigenvalue weighted by atomic mass is 28.3. The van der Waals surface area contributed by atoms with Crippen LogP contribution in [0.5, 0.6) is 0 Å². The minimum Gasteiger partial charge on any atom is -0.409 e. The molecule has 0 radical (unpaired) electrons. The third-order valence-corrected chi connectivity index (χ3v) is 5.33. The number of rotatable bonds is 1. The second-order valence-electron chi connectivity index (χ2n) is 10.1. The van der Waals surface area contributed by atoms with E-state index in [-0.39, 0.29) is 16.4 Å². The molecular formula is C20H33NOSi. The molecule has 23 heavy (non-hydrogen) atoms. The first kappa shape index (κ1) is 18.4. The van der Waals surface area contributed by atoms with Gasteiger partial charge in [0.25, 0.3) is 0 Å². The molecule has 3 heteroatoms. The summed E-state index contributed by atoms with van der Waals surface area (Å²) in [7, 11) is -1.33. The Balaban J connectivity index is 2.40. The Bertz CT molecular complexity index is 604. The molecule has 0 aromatic carbocycles. The normalized spacial score (nSPS) is 27.9. The monoisotopic (exact) mass is 331 g/mol. The van der Waals surface area contributed by atoms with E-state index in [1.165, 1.54) is 5.57 Å². The van der Waals surface area contributed by atoms with Crippen molar-refractivity contribution in [2.75, 3.05) is 6.54 Å². The minimum absolute atomic E-state index is 0.00335. The summed E-state index contributed by atoms with van der Waals surface area (Å²) in [5.74, 6) is 4.36. The summed E-state index contributed by atoms with van der Waals surface area (Å²) < 4.78 is 0. The smallest absolute Gasteiger partial charge is 0.135 e. The average Bonchev–Trinajstić information content (AvgIpc) is 2.68. The van der Waals surface area contributed by atoms with E-state index >= 15 is 0 Å². The van der Waals surface area contributed by atoms with Crippen molar-refractivity contribution >= 4 is 8.07 Å². The second kappa shape index (κ2) is 5.53. The fourth-order valence-electron chi connectivity index (χ4n) is 3.59. The molecule has 2 aliphatic heterocycles. The predicted octanol–water partition coefficient (Wildman–Crippen LogP) is 5.16. The minimum atomic E-state index is -1.33. The summed E-state index contributed by atoms with van der Waals surface area (Å²) in [6, 6.07) is 0. The van der Waals surface area contributed by atoms with Crippen LogP contribution in [0.4, 0.5) is 0 Å². The largest absolute Gasteiger partial charge is 0.409 e. The van der Waals surface area contributed by atoms with Crippen LogP contribution in [-0.4, -0.2) is 25.2 Å². The van der Waals surface area contributed by atoms with Crippen LogP contribution in [-0.2, 0) is 4.84 Å². The molecule has 1 unspecified atom stereocenters. The Morgan fingerprint density at radius 3 is 2.30 bits per heavy atom. The number of hydrogen-bond acceptors (Lipinski definition) is 2. The molecule has 128 valence electrons. The van der Waals surface area contributed by atoms with Crippen molar-refractivity contribution in [1.82, 2.24) is 5.06 Å². The Hall–Kier alpha value is -0.983. The van der Waals surface area contributed by atoms with Gasteiger partial charge in [0.05, 0.1) is 5.54 Å². The van der Waals surface area contributed by atoms with E-state index in [9.17, 15) is 0 Å². The van der Waals surface area contributed by atoms with E-state index in [4.69, 9.17) is 4.84 Å². The molecule has 2 heterocycles. The van der Waals surface area contributed by atoms with Gasteiger partial charge in [0.2, 0.25) is 0 Å². The van der Waals surface area contributed by atoms with E-state index < -0.39 is 8.07 Å². The zero-order valence-electron chi connectivity index (χ0n) is 16.4. The highest BCUT2D eigenvalue weighted by molar-refractivity contribution is 6.83. The van der Waals surface area contributed by atoms with E-state index in [0.29, 0.717) is 0 Å². The first-order valence-electron chi connectivity index (χ1n) is 8.65. The van der Waals surface area contributed by atoms with Crippen molar-refractivity contribution in [3.8, 4) is 11.5 Å². The molecule has 2 nitrogen and oxygen atoms in total. The Morgan fingerprint density at radius 2 is 1.78 bits per heavy atom. The van der Waals surface area contributed by atoms with Crippen LogP contribution in [0.15, 0.2) is 23.5 Å². The van der Waals surface area contributed by atoms with Gasteiger partial charge in [-0.2, -0.15) is 0 Å². The van der Waals surface area contributed by atoms with Gasteiger partial charge in [-0.1, -0.05) is 60.2 Å². The van der Waals surface area contributed by atoms with Crippen molar-refractivity contribution in [3.63, 3.8) is 0 Å². The quantitative estimate of drug-likeness (QED) is 0.486. The second-order valence-corrected chi connectivity index (χ2v) is 14.8. The van der Waals surface area contributed by atoms with Crippen LogP contribution >= 0.6 is 0 Å². The Kier molecular flexibility index (Phi) is 4.41. The molecular weight excluding hydrogens is 298 g/mol. The van der Waals surface area contributed by atoms with Crippen LogP contribution in [0, 0.1) is 22.3 Å². The summed E-state index contributed by atoms with van der Waals surface area (Å²) in [6.45, 7) is 21.4. The molecule has 0 aromatic heterocycles. The SMILES string of the molecule is CC1(C)CN2OC(C(C)(C)C)=C(/C=C\C#C[Si](C)(C)C)C2(C)C1. The highest BCUT2D eigenvalue weighted by Crippen LogP contribution is 2.53. The van der Waals surface area contributed by atoms with Gasteiger partial charge < -0.3 is 4.84 Å². The summed E-state index contributed by atoms with van der Waals surface area (Å²) in [5, 5.41) is 2.19. The molecule has 0 spiro atoms. The van der Waals surface area contributed by atoms with Crippen molar-refractivity contribution in [3.05, 3.63) is 23.5 Å². The number of allylic oxidation sites excluding steroid dienone is 2. The number of hydrogen-bond donors (Lipinski definition) is 0. The molecule has 0 N–H and O–H groups in total. The van der Waals surface area contributed by atoms with Crippen molar-refractivity contribution in [2.45, 2.75) is 73.1 Å². The van der Waals surface area contributed by atoms with Crippen molar-refractivity contribution < 1.29 is 4.84 Å². The molecule has 0 saturated carbocycles. The molecule has 0 aliphatic carbocycles. The van der Waals surface area contributed by atoms with Crippen LogP contribution in [0.3, 0.4) is 0 Å². The van der Waals surface area contributed by atoms with E-state index in [2.05, 4.69) is 83.8 Å². The molecule has 0 aromatic rings. The molecule has 1 atom stereocenters. The van der Waals surface area contributed by atoms with E-state index in [1.54, 1.807) is 0 Å². The lowest BCUT2D eigenvalue weighted by atomic mass is 9.78. The average molecular weight is 332 g/mol. The lowest BCUT2D eigenvalue weighted by molar-refractivity contribution is -0.141. The fraction of sp³-hybridized carbons (Fsp3) is 0.700. The molecule has 0 bridgehead atoms. The van der Waals surface area contributed by atoms with Gasteiger partial charge in [-0.25, -0.2) is 0 Å². The topological polar surface area (TPSA) is 12.5 Å². The van der Waals surface area contributed by atoms with Crippen molar-refractivity contribution in [1.29, 1.82) is 0 Å². The number of hydroxylamine groups is 2. The maximum absolute atomic E-state index is 6.32. The fourth-order valence-corrected chi connectivity index (χ4v) is 4.10. The van der Waals surface area contributed by atoms with Crippen LogP contribution in [0.25, 0.3) is 0 Å². The molecule has 0 amide bonds. The maximum atomic E-state index is 6.32. The molecule has 2 aliphatic rings. The van der Waals surface area contributed by atoms with Crippen LogP contribution < -0.4 is 0 Å². The van der Waals surface area contributed by atoms with Gasteiger partial charge in [0.15, 0.2) is 0 Å². The van der Waals surface area contributed by atoms with Gasteiger partial charge in [0.1, 0.15) is 13.8 Å². The summed E-state index contributed by atoms with van der Waals surface area (Å²) >= 11 is 0. The zero-order valence-corrected chi connectivity index (χ0v) is 17.4. The number of nitrogens with zero attached hydrogens (tertiary/aromatic N) is 1. The molecule has 1 saturated heterocycles. The predicted molar refractivity (Wildman–Crippen MR) is 101 cm³/mol. The van der Waals surface area contributed by atoms with E-state index in [1.807, 2.05) is 6.08 Å². The Labute approximate surface area is 143 Å². The first-order valence-corrected chi connectivity index (χ1v) is 12.1. The molecule has 1 fully saturated rings. The van der Waals surface area contributed by atoms with Crippen molar-refractivity contribution in [2.24, 2.45) is 10.8 Å². The summed E-state index contributed by atoms with van der Waals surface area (Å²) in [4.78, 5) is 6.32. The lowest BCUT2D eigenvalue weighted by Crippen LogP contribution is -2.36. The third kappa shape index (κ3) is 3.92. The summed E-state index contributed by atoms with van der Waals surface area (Å²) in [6.07, 6.45) is 5.35. The maximum Gasteiger partial charge on any atom is 0.135 e. The Morgan fingerprint density at radius 1 is 1.17 bits per heavy atom. The van der Waals surface area contributed by atoms with Gasteiger partial charge in [-0.05, 0) is 30.9 Å². The first-order chi connectivity index (χ1) is 10.2. The van der Waals surface area contributed by atoms with Gasteiger partial charge >= 0.3 is 0 Å². The van der Waals surface area contributed by atoms with Gasteiger partial charge in [-0.15, -0.1) is 10.6 Å². The highest BCUT2D eigenvalue weighted by Gasteiger charge is 2.55. The third-order valence-electron chi connectivity index (χ3n) is 4.43. The van der Waals surface area contributed by atoms with E-state index in [0.717, 1.165) is 18.7 Å². The standard InChI is InChI=1S/C20H33NOSi/c1-18(2,3)17-16(12-10-11-13-23(7,8)9)20(6)14-19(4,5)15-21(20)22-17/h10,12H,14-15H2,1-9H3/b12-10-. The lowest BCUT2D eigenvalue weighted by Gasteiger charge is -2.26. The number of fused-ring (bicyclic) bond motifs is 1. The van der Waals surface area contributed by atoms with Gasteiger partial charge in [0, 0.05) is 17.5 Å². The van der Waals surface area contributed by atoms with Gasteiger partial charge in [-0.3, -0.25) is 0 Å². The summed E-state index contributed by atoms with van der Waals surface area (Å²) in [5.41, 5.74) is 4.96. The molecule has 2 rings (SSSR count).